The number of aliphatic hydroxyl groups excluding tert-OH is 4. The highest BCUT2D eigenvalue weighted by atomic mass is 16.3. The number of hydrogen-bond acceptors (Lipinski definition) is 12. The van der Waals surface area contributed by atoms with Crippen molar-refractivity contribution < 1.29 is 54.0 Å². The van der Waals surface area contributed by atoms with E-state index in [2.05, 4.69) is 31.9 Å². The number of nitrogens with one attached hydrogen (secondary N) is 6. The van der Waals surface area contributed by atoms with Crippen LogP contribution in [0.25, 0.3) is 0 Å². The minimum absolute atomic E-state index is 0.136. The Labute approximate surface area is 264 Å². The Hall–Kier alpha value is -3.91. The van der Waals surface area contributed by atoms with Crippen LogP contribution < -0.4 is 37.6 Å². The van der Waals surface area contributed by atoms with Crippen LogP contribution in [0.15, 0.2) is 0 Å². The molecule has 1 spiro atoms. The first kappa shape index (κ1) is 36.6. The zero-order valence-electron chi connectivity index (χ0n) is 25.3. The third-order valence-corrected chi connectivity index (χ3v) is 8.06. The van der Waals surface area contributed by atoms with Crippen LogP contribution in [0.1, 0.15) is 44.9 Å². The lowest BCUT2D eigenvalue weighted by Gasteiger charge is -2.30. The first-order valence-corrected chi connectivity index (χ1v) is 15.2. The molecule has 7 amide bonds. The number of amides is 7. The molecule has 3 fully saturated rings. The number of aliphatic hydroxyl groups is 4. The molecular weight excluding hydrogens is 612 g/mol. The number of carbonyl (C=O) groups excluding carboxylic acids is 7. The zero-order valence-corrected chi connectivity index (χ0v) is 25.3. The second-order valence-corrected chi connectivity index (χ2v) is 11.6. The van der Waals surface area contributed by atoms with E-state index in [0.717, 1.165) is 4.90 Å². The van der Waals surface area contributed by atoms with Crippen LogP contribution in [-0.4, -0.2) is 148 Å². The molecule has 0 aromatic rings. The number of rotatable bonds is 7. The molecule has 1 saturated carbocycles. The fraction of sp³-hybridized carbons (Fsp3) is 0.741. The van der Waals surface area contributed by atoms with Crippen molar-refractivity contribution in [3.05, 3.63) is 0 Å². The zero-order chi connectivity index (χ0) is 34.0. The molecule has 19 heteroatoms. The number of fused-ring (bicyclic) bond motifs is 1. The summed E-state index contributed by atoms with van der Waals surface area (Å²) >= 11 is 0. The molecule has 6 atom stereocenters. The molecule has 258 valence electrons. The average molecular weight is 657 g/mol. The van der Waals surface area contributed by atoms with E-state index in [1.54, 1.807) is 0 Å². The van der Waals surface area contributed by atoms with E-state index in [1.165, 1.54) is 0 Å². The van der Waals surface area contributed by atoms with Crippen molar-refractivity contribution in [2.75, 3.05) is 39.5 Å². The summed E-state index contributed by atoms with van der Waals surface area (Å²) in [6.45, 7) is -2.81. The summed E-state index contributed by atoms with van der Waals surface area (Å²) in [7, 11) is 0. The van der Waals surface area contributed by atoms with Gasteiger partial charge < -0.3 is 63.0 Å². The van der Waals surface area contributed by atoms with Crippen LogP contribution in [0.4, 0.5) is 0 Å². The largest absolute Gasteiger partial charge is 0.394 e. The third-order valence-electron chi connectivity index (χ3n) is 8.06. The maximum absolute atomic E-state index is 13.6. The van der Waals surface area contributed by atoms with Crippen molar-refractivity contribution >= 4 is 41.4 Å². The Morgan fingerprint density at radius 2 is 1.30 bits per heavy atom. The van der Waals surface area contributed by atoms with Crippen LogP contribution in [0, 0.1) is 0 Å². The van der Waals surface area contributed by atoms with Gasteiger partial charge in [-0.25, -0.2) is 0 Å². The van der Waals surface area contributed by atoms with Gasteiger partial charge in [0.05, 0.1) is 25.9 Å². The lowest BCUT2D eigenvalue weighted by Crippen LogP contribution is -2.61. The topological polar surface area (TPSA) is 302 Å². The van der Waals surface area contributed by atoms with Gasteiger partial charge >= 0.3 is 0 Å². The highest BCUT2D eigenvalue weighted by molar-refractivity contribution is 6.00. The summed E-state index contributed by atoms with van der Waals surface area (Å²) in [5, 5.41) is 54.1. The van der Waals surface area contributed by atoms with Crippen LogP contribution in [0.5, 0.6) is 0 Å². The third kappa shape index (κ3) is 9.32. The Morgan fingerprint density at radius 3 is 1.89 bits per heavy atom. The number of hydrogen-bond donors (Lipinski definition) is 11. The smallest absolute Gasteiger partial charge is 0.249 e. The predicted molar refractivity (Wildman–Crippen MR) is 156 cm³/mol. The predicted octanol–water partition coefficient (Wildman–Crippen LogP) is -6.84. The summed E-state index contributed by atoms with van der Waals surface area (Å²) in [5.41, 5.74) is 4.04. The van der Waals surface area contributed by atoms with E-state index in [4.69, 9.17) is 5.73 Å². The molecule has 3 aliphatic rings. The number of nitrogens with zero attached hydrogens (tertiary/aromatic N) is 1. The molecule has 12 N–H and O–H groups in total. The molecule has 3 rings (SSSR count). The standard InChI is InChI=1S/C27H44N8O11/c28-7-2-1-3-15-21(41)29-8-4-20(40)30-16(11-36)22(42)32-18(13-38)24(44)34-27(5-6-27)26(46)35-10-14(39)9-19(35)25(45)33-17(12-37)23(43)31-15/h14-19,36-39H,1-13,28H2,(H,29,41)(H,30,40)(H,31,43)(H,32,42)(H,33,45)(H,34,44)/t14-,15-,16?,17-,18?,19-/m0/s1. The van der Waals surface area contributed by atoms with E-state index in [9.17, 15) is 54.0 Å². The molecule has 46 heavy (non-hydrogen) atoms. The number of nitrogens with two attached hydrogens (primary N) is 1. The molecule has 0 aromatic heterocycles. The minimum atomic E-state index is -1.58. The second kappa shape index (κ2) is 16.6. The number of carbonyl (C=O) groups is 7. The summed E-state index contributed by atoms with van der Waals surface area (Å²) in [5.74, 6) is -5.88. The maximum atomic E-state index is 13.6. The quantitative estimate of drug-likeness (QED) is 0.114. The fourth-order valence-electron chi connectivity index (χ4n) is 5.25. The summed E-state index contributed by atoms with van der Waals surface area (Å²) in [6, 6.07) is -7.05. The molecule has 2 unspecified atom stereocenters. The molecule has 0 aromatic carbocycles. The van der Waals surface area contributed by atoms with Gasteiger partial charge in [0, 0.05) is 25.9 Å². The second-order valence-electron chi connectivity index (χ2n) is 11.6. The number of unbranched alkanes of at least 4 members (excludes halogenated alkanes) is 1. The molecular formula is C27H44N8O11. The van der Waals surface area contributed by atoms with Gasteiger partial charge in [0.2, 0.25) is 41.4 Å². The van der Waals surface area contributed by atoms with Crippen molar-refractivity contribution in [3.8, 4) is 0 Å². The monoisotopic (exact) mass is 656 g/mol. The van der Waals surface area contributed by atoms with E-state index in [-0.39, 0.29) is 45.2 Å². The van der Waals surface area contributed by atoms with E-state index >= 15 is 0 Å². The van der Waals surface area contributed by atoms with E-state index < -0.39 is 103 Å². The summed E-state index contributed by atoms with van der Waals surface area (Å²) < 4.78 is 0. The molecule has 0 radical (unpaired) electrons. The van der Waals surface area contributed by atoms with E-state index in [1.807, 2.05) is 0 Å². The van der Waals surface area contributed by atoms with Crippen molar-refractivity contribution in [3.63, 3.8) is 0 Å². The van der Waals surface area contributed by atoms with Gasteiger partial charge in [-0.15, -0.1) is 0 Å². The molecule has 19 nitrogen and oxygen atoms in total. The minimum Gasteiger partial charge on any atom is -0.394 e. The lowest BCUT2D eigenvalue weighted by molar-refractivity contribution is -0.144. The Kier molecular flexibility index (Phi) is 13.2. The van der Waals surface area contributed by atoms with Gasteiger partial charge in [-0.05, 0) is 38.6 Å². The highest BCUT2D eigenvalue weighted by Gasteiger charge is 2.56. The van der Waals surface area contributed by atoms with Crippen molar-refractivity contribution in [2.24, 2.45) is 5.73 Å². The average Bonchev–Trinajstić information content (AvgIpc) is 3.70. The van der Waals surface area contributed by atoms with Gasteiger partial charge in [0.15, 0.2) is 0 Å². The highest BCUT2D eigenvalue weighted by Crippen LogP contribution is 2.39. The summed E-state index contributed by atoms with van der Waals surface area (Å²) in [6.07, 6.45) is -0.265. The van der Waals surface area contributed by atoms with Crippen LogP contribution in [0.2, 0.25) is 0 Å². The molecule has 2 aliphatic heterocycles. The fourth-order valence-corrected chi connectivity index (χ4v) is 5.25. The van der Waals surface area contributed by atoms with Crippen molar-refractivity contribution in [1.29, 1.82) is 0 Å². The first-order valence-electron chi connectivity index (χ1n) is 15.2. The van der Waals surface area contributed by atoms with Crippen LogP contribution in [0.3, 0.4) is 0 Å². The van der Waals surface area contributed by atoms with Crippen LogP contribution in [-0.2, 0) is 33.6 Å². The van der Waals surface area contributed by atoms with Crippen molar-refractivity contribution in [1.82, 2.24) is 36.8 Å². The Morgan fingerprint density at radius 1 is 0.739 bits per heavy atom. The molecule has 1 aliphatic carbocycles. The summed E-state index contributed by atoms with van der Waals surface area (Å²) in [4.78, 5) is 92.3. The molecule has 0 bridgehead atoms. The van der Waals surface area contributed by atoms with E-state index in [0.29, 0.717) is 19.4 Å². The van der Waals surface area contributed by atoms with Gasteiger partial charge in [-0.1, -0.05) is 0 Å². The Bertz CT molecular complexity index is 1170. The maximum Gasteiger partial charge on any atom is 0.249 e. The van der Waals surface area contributed by atoms with Crippen LogP contribution >= 0.6 is 0 Å². The Balaban J connectivity index is 1.89. The molecule has 2 saturated heterocycles. The van der Waals surface area contributed by atoms with Gasteiger partial charge in [-0.2, -0.15) is 0 Å². The van der Waals surface area contributed by atoms with Gasteiger partial charge in [0.25, 0.3) is 0 Å². The van der Waals surface area contributed by atoms with Gasteiger partial charge in [0.1, 0.15) is 35.7 Å². The normalized spacial score (nSPS) is 30.1. The molecule has 2 heterocycles. The lowest BCUT2D eigenvalue weighted by atomic mass is 10.1. The van der Waals surface area contributed by atoms with Gasteiger partial charge in [-0.3, -0.25) is 33.6 Å². The van der Waals surface area contributed by atoms with Crippen molar-refractivity contribution in [2.45, 2.75) is 86.8 Å². The first-order chi connectivity index (χ1) is 21.9. The SMILES string of the molecule is NCCCC[C@@H]1NC(=O)[C@H](CO)NC(=O)[C@@H]2C[C@H](O)CN2C(=O)C2(CC2)NC(=O)C(CO)NC(=O)C(CO)NC(=O)CCNC1=O.